The first-order valence-electron chi connectivity index (χ1n) is 14.3. The average Bonchev–Trinajstić information content (AvgIpc) is 3.24. The van der Waals surface area contributed by atoms with Gasteiger partial charge in [-0.05, 0) is 93.1 Å². The fourth-order valence-electron chi connectivity index (χ4n) is 6.67. The molecule has 7 heteroatoms. The number of carbonyl (C=O) groups excluding carboxylic acids is 1. The van der Waals surface area contributed by atoms with Crippen LogP contribution >= 0.6 is 0 Å². The van der Waals surface area contributed by atoms with Gasteiger partial charge in [-0.3, -0.25) is 14.7 Å². The van der Waals surface area contributed by atoms with Gasteiger partial charge in [-0.25, -0.2) is 4.98 Å². The van der Waals surface area contributed by atoms with Gasteiger partial charge in [-0.15, -0.1) is 0 Å². The standard InChI is InChI=1S/C32H38N6O/c1-23-31(28-7-2-3-8-29(28)38(23)22-27-6-4-5-14-34-27)25-12-18-37(19-13-25)32(39)26-10-16-36(17-11-26)21-24-9-15-35-30(33)20-24/h2-9,14-15,20,25-26H,10-13,16-19,21-22H2,1H3,(H2,33,35). The third-order valence-electron chi connectivity index (χ3n) is 8.73. The van der Waals surface area contributed by atoms with E-state index >= 15 is 0 Å². The summed E-state index contributed by atoms with van der Waals surface area (Å²) in [6, 6.07) is 18.8. The minimum Gasteiger partial charge on any atom is -0.384 e. The Morgan fingerprint density at radius 3 is 2.41 bits per heavy atom. The lowest BCUT2D eigenvalue weighted by atomic mass is 9.86. The summed E-state index contributed by atoms with van der Waals surface area (Å²) in [5.41, 5.74) is 12.2. The number of amides is 1. The highest BCUT2D eigenvalue weighted by Gasteiger charge is 2.32. The largest absolute Gasteiger partial charge is 0.384 e. The zero-order valence-electron chi connectivity index (χ0n) is 22.8. The summed E-state index contributed by atoms with van der Waals surface area (Å²) in [6.45, 7) is 7.49. The van der Waals surface area contributed by atoms with Crippen LogP contribution in [0.15, 0.2) is 67.0 Å². The second-order valence-electron chi connectivity index (χ2n) is 11.2. The predicted octanol–water partition coefficient (Wildman–Crippen LogP) is 4.99. The molecule has 0 atom stereocenters. The molecule has 0 unspecified atom stereocenters. The van der Waals surface area contributed by atoms with Crippen molar-refractivity contribution in [1.29, 1.82) is 0 Å². The van der Waals surface area contributed by atoms with Crippen molar-refractivity contribution in [2.75, 3.05) is 31.9 Å². The SMILES string of the molecule is Cc1c(C2CCN(C(=O)C3CCN(Cc4ccnc(N)c4)CC3)CC2)c2ccccc2n1Cc1ccccn1. The van der Waals surface area contributed by atoms with Gasteiger partial charge in [-0.1, -0.05) is 24.3 Å². The molecule has 39 heavy (non-hydrogen) atoms. The van der Waals surface area contributed by atoms with E-state index in [0.717, 1.165) is 70.6 Å². The highest BCUT2D eigenvalue weighted by Crippen LogP contribution is 2.38. The van der Waals surface area contributed by atoms with Crippen LogP contribution in [0, 0.1) is 12.8 Å². The minimum atomic E-state index is 0.141. The molecule has 2 fully saturated rings. The van der Waals surface area contributed by atoms with E-state index in [1.54, 1.807) is 6.20 Å². The molecule has 5 heterocycles. The number of nitrogens with two attached hydrogens (primary N) is 1. The van der Waals surface area contributed by atoms with E-state index in [1.807, 2.05) is 24.4 Å². The monoisotopic (exact) mass is 522 g/mol. The maximum Gasteiger partial charge on any atom is 0.225 e. The van der Waals surface area contributed by atoms with Crippen molar-refractivity contribution in [3.05, 3.63) is 89.5 Å². The molecule has 4 aromatic rings. The van der Waals surface area contributed by atoms with E-state index in [4.69, 9.17) is 5.73 Å². The van der Waals surface area contributed by atoms with Gasteiger partial charge < -0.3 is 15.2 Å². The van der Waals surface area contributed by atoms with Crippen LogP contribution in [-0.2, 0) is 17.9 Å². The van der Waals surface area contributed by atoms with Crippen LogP contribution in [0.5, 0.6) is 0 Å². The molecule has 0 aliphatic carbocycles. The van der Waals surface area contributed by atoms with Gasteiger partial charge >= 0.3 is 0 Å². The highest BCUT2D eigenvalue weighted by atomic mass is 16.2. The molecule has 2 aliphatic heterocycles. The summed E-state index contributed by atoms with van der Waals surface area (Å²) in [5.74, 6) is 1.53. The molecule has 6 rings (SSSR count). The van der Waals surface area contributed by atoms with Crippen LogP contribution in [0.4, 0.5) is 5.82 Å². The van der Waals surface area contributed by atoms with Gasteiger partial charge in [0.2, 0.25) is 5.91 Å². The molecule has 202 valence electrons. The van der Waals surface area contributed by atoms with Crippen LogP contribution < -0.4 is 5.73 Å². The van der Waals surface area contributed by atoms with Crippen molar-refractivity contribution < 1.29 is 4.79 Å². The molecule has 2 saturated heterocycles. The van der Waals surface area contributed by atoms with Gasteiger partial charge in [0.25, 0.3) is 0 Å². The molecule has 2 aliphatic rings. The number of rotatable bonds is 6. The number of anilines is 1. The van der Waals surface area contributed by atoms with E-state index in [-0.39, 0.29) is 5.92 Å². The first kappa shape index (κ1) is 25.6. The lowest BCUT2D eigenvalue weighted by Gasteiger charge is -2.37. The number of aromatic nitrogens is 3. The highest BCUT2D eigenvalue weighted by molar-refractivity contribution is 5.86. The van der Waals surface area contributed by atoms with Crippen LogP contribution in [0.3, 0.4) is 0 Å². The molecular weight excluding hydrogens is 484 g/mol. The topological polar surface area (TPSA) is 80.3 Å². The summed E-state index contributed by atoms with van der Waals surface area (Å²) < 4.78 is 2.42. The summed E-state index contributed by atoms with van der Waals surface area (Å²) in [6.07, 6.45) is 7.53. The number of hydrogen-bond acceptors (Lipinski definition) is 5. The Kier molecular flexibility index (Phi) is 7.33. The van der Waals surface area contributed by atoms with E-state index in [1.165, 1.54) is 27.7 Å². The average molecular weight is 523 g/mol. The molecule has 1 aromatic carbocycles. The molecule has 0 radical (unpaired) electrons. The van der Waals surface area contributed by atoms with Crippen LogP contribution in [0.25, 0.3) is 10.9 Å². The van der Waals surface area contributed by atoms with E-state index in [9.17, 15) is 4.79 Å². The number of carbonyl (C=O) groups is 1. The molecule has 3 aromatic heterocycles. The van der Waals surface area contributed by atoms with Gasteiger partial charge in [0, 0.05) is 54.5 Å². The van der Waals surface area contributed by atoms with E-state index in [2.05, 4.69) is 67.7 Å². The molecule has 2 N–H and O–H groups in total. The smallest absolute Gasteiger partial charge is 0.225 e. The Hall–Kier alpha value is -3.71. The zero-order chi connectivity index (χ0) is 26.8. The summed E-state index contributed by atoms with van der Waals surface area (Å²) in [4.78, 5) is 26.7. The fraction of sp³-hybridized carbons (Fsp3) is 0.406. The van der Waals surface area contributed by atoms with Crippen molar-refractivity contribution in [2.24, 2.45) is 5.92 Å². The van der Waals surface area contributed by atoms with Crippen LogP contribution in [-0.4, -0.2) is 56.4 Å². The summed E-state index contributed by atoms with van der Waals surface area (Å²) in [5, 5.41) is 1.35. The van der Waals surface area contributed by atoms with Crippen molar-refractivity contribution in [3.8, 4) is 0 Å². The van der Waals surface area contributed by atoms with Gasteiger partial charge in [0.1, 0.15) is 5.82 Å². The van der Waals surface area contributed by atoms with Crippen molar-refractivity contribution >= 4 is 22.6 Å². The third kappa shape index (κ3) is 5.41. The number of pyridine rings is 2. The van der Waals surface area contributed by atoms with Gasteiger partial charge in [-0.2, -0.15) is 0 Å². The molecule has 0 bridgehead atoms. The number of nitrogens with zero attached hydrogens (tertiary/aromatic N) is 5. The van der Waals surface area contributed by atoms with Crippen LogP contribution in [0.1, 0.15) is 54.1 Å². The predicted molar refractivity (Wildman–Crippen MR) is 155 cm³/mol. The van der Waals surface area contributed by atoms with Crippen molar-refractivity contribution in [2.45, 2.75) is 51.6 Å². The summed E-state index contributed by atoms with van der Waals surface area (Å²) >= 11 is 0. The maximum atomic E-state index is 13.5. The van der Waals surface area contributed by atoms with Crippen molar-refractivity contribution in [1.82, 2.24) is 24.3 Å². The molecule has 0 saturated carbocycles. The van der Waals surface area contributed by atoms with Gasteiger partial charge in [0.05, 0.1) is 12.2 Å². The molecule has 1 amide bonds. The minimum absolute atomic E-state index is 0.141. The number of hydrogen-bond donors (Lipinski definition) is 1. The van der Waals surface area contributed by atoms with Crippen molar-refractivity contribution in [3.63, 3.8) is 0 Å². The maximum absolute atomic E-state index is 13.5. The number of nitrogen functional groups attached to an aromatic ring is 1. The number of para-hydroxylation sites is 1. The fourth-order valence-corrected chi connectivity index (χ4v) is 6.67. The Bertz CT molecular complexity index is 1430. The van der Waals surface area contributed by atoms with E-state index < -0.39 is 0 Å². The molecule has 7 nitrogen and oxygen atoms in total. The Labute approximate surface area is 230 Å². The van der Waals surface area contributed by atoms with Crippen LogP contribution in [0.2, 0.25) is 0 Å². The Morgan fingerprint density at radius 1 is 0.897 bits per heavy atom. The number of fused-ring (bicyclic) bond motifs is 1. The quantitative estimate of drug-likeness (QED) is 0.386. The second-order valence-corrected chi connectivity index (χ2v) is 11.2. The number of benzene rings is 1. The number of likely N-dealkylation sites (tertiary alicyclic amines) is 2. The normalized spacial score (nSPS) is 17.6. The van der Waals surface area contributed by atoms with E-state index in [0.29, 0.717) is 17.6 Å². The molecule has 0 spiro atoms. The third-order valence-corrected chi connectivity index (χ3v) is 8.73. The zero-order valence-corrected chi connectivity index (χ0v) is 22.8. The van der Waals surface area contributed by atoms with Gasteiger partial charge in [0.15, 0.2) is 0 Å². The lowest BCUT2D eigenvalue weighted by molar-refractivity contribution is -0.138. The Morgan fingerprint density at radius 2 is 1.67 bits per heavy atom. The lowest BCUT2D eigenvalue weighted by Crippen LogP contribution is -2.45. The summed E-state index contributed by atoms with van der Waals surface area (Å²) in [7, 11) is 0. The second kappa shape index (κ2) is 11.2. The molecular formula is C32H38N6O. The Balaban J connectivity index is 1.08. The number of piperidine rings is 2. The first-order valence-corrected chi connectivity index (χ1v) is 14.3. The first-order chi connectivity index (χ1) is 19.1.